The van der Waals surface area contributed by atoms with Gasteiger partial charge in [-0.3, -0.25) is 9.59 Å². The predicted octanol–water partition coefficient (Wildman–Crippen LogP) is 0.990. The summed E-state index contributed by atoms with van der Waals surface area (Å²) >= 11 is 0. The van der Waals surface area contributed by atoms with Crippen molar-refractivity contribution in [2.45, 2.75) is 38.1 Å². The molecule has 1 unspecified atom stereocenters. The van der Waals surface area contributed by atoms with E-state index in [2.05, 4.69) is 5.32 Å². The van der Waals surface area contributed by atoms with Gasteiger partial charge in [0.2, 0.25) is 5.91 Å². The number of carbonyl (C=O) groups is 2. The van der Waals surface area contributed by atoms with E-state index in [4.69, 9.17) is 5.84 Å². The summed E-state index contributed by atoms with van der Waals surface area (Å²) in [7, 11) is 0. The van der Waals surface area contributed by atoms with Crippen LogP contribution in [0.4, 0.5) is 0 Å². The zero-order valence-corrected chi connectivity index (χ0v) is 11.5. The highest BCUT2D eigenvalue weighted by Crippen LogP contribution is 2.10. The van der Waals surface area contributed by atoms with Crippen molar-refractivity contribution >= 4 is 11.8 Å². The first-order valence-corrected chi connectivity index (χ1v) is 7.07. The zero-order chi connectivity index (χ0) is 14.4. The van der Waals surface area contributed by atoms with Gasteiger partial charge in [-0.1, -0.05) is 36.8 Å². The van der Waals surface area contributed by atoms with Gasteiger partial charge < -0.3 is 5.32 Å². The summed E-state index contributed by atoms with van der Waals surface area (Å²) in [6, 6.07) is 9.39. The number of rotatable bonds is 4. The van der Waals surface area contributed by atoms with Crippen LogP contribution in [0.25, 0.3) is 0 Å². The van der Waals surface area contributed by atoms with Crippen molar-refractivity contribution in [1.29, 1.82) is 0 Å². The van der Waals surface area contributed by atoms with Gasteiger partial charge in [-0.2, -0.15) is 0 Å². The smallest absolute Gasteiger partial charge is 0.260 e. The van der Waals surface area contributed by atoms with E-state index in [1.165, 1.54) is 0 Å². The highest BCUT2D eigenvalue weighted by atomic mass is 16.2. The third-order valence-corrected chi connectivity index (χ3v) is 3.58. The molecule has 5 heteroatoms. The van der Waals surface area contributed by atoms with Crippen molar-refractivity contribution in [2.75, 3.05) is 6.54 Å². The fourth-order valence-corrected chi connectivity index (χ4v) is 2.37. The van der Waals surface area contributed by atoms with Gasteiger partial charge in [-0.05, 0) is 31.4 Å². The summed E-state index contributed by atoms with van der Waals surface area (Å²) in [6.45, 7) is 0.808. The lowest BCUT2D eigenvalue weighted by Gasteiger charge is -2.26. The number of hydrogen-bond donors (Lipinski definition) is 2. The molecule has 5 nitrogen and oxygen atoms in total. The molecule has 1 aromatic rings. The van der Waals surface area contributed by atoms with Gasteiger partial charge in [-0.15, -0.1) is 0 Å². The molecule has 1 aliphatic heterocycles. The lowest BCUT2D eigenvalue weighted by molar-refractivity contribution is -0.147. The number of hydrogen-bond acceptors (Lipinski definition) is 4. The number of piperidine rings is 1. The molecule has 2 rings (SSSR count). The summed E-state index contributed by atoms with van der Waals surface area (Å²) in [6.07, 6.45) is 3.65. The van der Waals surface area contributed by atoms with Crippen LogP contribution in [0.15, 0.2) is 30.3 Å². The van der Waals surface area contributed by atoms with Crippen LogP contribution >= 0.6 is 0 Å². The molecule has 0 aromatic heterocycles. The van der Waals surface area contributed by atoms with E-state index in [0.717, 1.165) is 36.4 Å². The summed E-state index contributed by atoms with van der Waals surface area (Å²) in [4.78, 5) is 24.0. The standard InChI is InChI=1S/C15H21N3O2/c16-18(15(20)13-8-4-5-11-17-13)14(19)10-9-12-6-2-1-3-7-12/h1-3,6-7,13,17H,4-5,8-11,16H2. The number of benzene rings is 1. The van der Waals surface area contributed by atoms with Gasteiger partial charge >= 0.3 is 0 Å². The van der Waals surface area contributed by atoms with Crippen LogP contribution in [0.1, 0.15) is 31.2 Å². The first kappa shape index (κ1) is 14.7. The molecule has 1 aliphatic rings. The van der Waals surface area contributed by atoms with Crippen LogP contribution in [0, 0.1) is 0 Å². The Balaban J connectivity index is 1.83. The molecule has 3 N–H and O–H groups in total. The van der Waals surface area contributed by atoms with Crippen LogP contribution < -0.4 is 11.2 Å². The Labute approximate surface area is 119 Å². The number of amides is 2. The van der Waals surface area contributed by atoms with E-state index in [1.54, 1.807) is 0 Å². The highest BCUT2D eigenvalue weighted by Gasteiger charge is 2.27. The van der Waals surface area contributed by atoms with Crippen molar-refractivity contribution < 1.29 is 9.59 Å². The van der Waals surface area contributed by atoms with E-state index < -0.39 is 0 Å². The monoisotopic (exact) mass is 275 g/mol. The number of nitrogens with two attached hydrogens (primary N) is 1. The van der Waals surface area contributed by atoms with Crippen LogP contribution in [-0.2, 0) is 16.0 Å². The van der Waals surface area contributed by atoms with Crippen molar-refractivity contribution in [3.05, 3.63) is 35.9 Å². The quantitative estimate of drug-likeness (QED) is 0.488. The molecular formula is C15H21N3O2. The lowest BCUT2D eigenvalue weighted by atomic mass is 10.0. The van der Waals surface area contributed by atoms with Crippen LogP contribution in [0.5, 0.6) is 0 Å². The molecule has 2 amide bonds. The van der Waals surface area contributed by atoms with Gasteiger partial charge in [0.1, 0.15) is 0 Å². The topological polar surface area (TPSA) is 75.4 Å². The van der Waals surface area contributed by atoms with E-state index in [1.807, 2.05) is 30.3 Å². The third kappa shape index (κ3) is 3.88. The van der Waals surface area contributed by atoms with Crippen molar-refractivity contribution in [3.8, 4) is 0 Å². The Hall–Kier alpha value is -1.72. The molecule has 108 valence electrons. The first-order chi connectivity index (χ1) is 9.68. The number of nitrogens with zero attached hydrogens (tertiary/aromatic N) is 1. The second-order valence-electron chi connectivity index (χ2n) is 5.09. The van der Waals surface area contributed by atoms with Gasteiger partial charge in [0.15, 0.2) is 0 Å². The van der Waals surface area contributed by atoms with E-state index in [0.29, 0.717) is 6.42 Å². The molecule has 1 aromatic carbocycles. The number of hydrazine groups is 1. The van der Waals surface area contributed by atoms with Gasteiger partial charge in [-0.25, -0.2) is 10.9 Å². The normalized spacial score (nSPS) is 18.6. The number of imide groups is 1. The molecule has 0 spiro atoms. The SMILES string of the molecule is NN(C(=O)CCc1ccccc1)C(=O)C1CCCCN1. The largest absolute Gasteiger partial charge is 0.306 e. The molecule has 1 atom stereocenters. The number of aryl methyl sites for hydroxylation is 1. The fourth-order valence-electron chi connectivity index (χ4n) is 2.37. The summed E-state index contributed by atoms with van der Waals surface area (Å²) in [5.41, 5.74) is 1.07. The molecular weight excluding hydrogens is 254 g/mol. The van der Waals surface area contributed by atoms with Crippen molar-refractivity contribution in [2.24, 2.45) is 5.84 Å². The number of nitrogens with one attached hydrogen (secondary N) is 1. The maximum atomic E-state index is 12.1. The van der Waals surface area contributed by atoms with E-state index in [9.17, 15) is 9.59 Å². The van der Waals surface area contributed by atoms with Crippen molar-refractivity contribution in [1.82, 2.24) is 10.3 Å². The Bertz CT molecular complexity index is 455. The Morgan fingerprint density at radius 2 is 2.00 bits per heavy atom. The fraction of sp³-hybridized carbons (Fsp3) is 0.467. The maximum Gasteiger partial charge on any atom is 0.260 e. The average Bonchev–Trinajstić information content (AvgIpc) is 2.53. The Morgan fingerprint density at radius 3 is 2.65 bits per heavy atom. The minimum Gasteiger partial charge on any atom is -0.306 e. The predicted molar refractivity (Wildman–Crippen MR) is 76.4 cm³/mol. The van der Waals surface area contributed by atoms with Gasteiger partial charge in [0.05, 0.1) is 6.04 Å². The Morgan fingerprint density at radius 1 is 1.25 bits per heavy atom. The van der Waals surface area contributed by atoms with Crippen LogP contribution in [-0.4, -0.2) is 29.4 Å². The molecule has 0 radical (unpaired) electrons. The molecule has 20 heavy (non-hydrogen) atoms. The Kier molecular flexibility index (Phi) is 5.26. The van der Waals surface area contributed by atoms with Crippen LogP contribution in [0.3, 0.4) is 0 Å². The molecule has 0 saturated carbocycles. The average molecular weight is 275 g/mol. The van der Waals surface area contributed by atoms with Gasteiger partial charge in [0, 0.05) is 6.42 Å². The lowest BCUT2D eigenvalue weighted by Crippen LogP contribution is -2.53. The van der Waals surface area contributed by atoms with Crippen LogP contribution in [0.2, 0.25) is 0 Å². The summed E-state index contributed by atoms with van der Waals surface area (Å²) < 4.78 is 0. The highest BCUT2D eigenvalue weighted by molar-refractivity contribution is 5.97. The van der Waals surface area contributed by atoms with Gasteiger partial charge in [0.25, 0.3) is 5.91 Å². The third-order valence-electron chi connectivity index (χ3n) is 3.58. The molecule has 0 aliphatic carbocycles. The second kappa shape index (κ2) is 7.17. The maximum absolute atomic E-state index is 12.1. The summed E-state index contributed by atoms with van der Waals surface area (Å²) in [5.74, 6) is 5.01. The molecule has 1 fully saturated rings. The van der Waals surface area contributed by atoms with Crippen molar-refractivity contribution in [3.63, 3.8) is 0 Å². The minimum absolute atomic E-state index is 0.249. The molecule has 1 heterocycles. The molecule has 1 saturated heterocycles. The minimum atomic E-state index is -0.328. The summed E-state index contributed by atoms with van der Waals surface area (Å²) in [5, 5.41) is 3.89. The number of carbonyl (C=O) groups excluding carboxylic acids is 2. The molecule has 0 bridgehead atoms. The van der Waals surface area contributed by atoms with E-state index >= 15 is 0 Å². The second-order valence-corrected chi connectivity index (χ2v) is 5.09. The zero-order valence-electron chi connectivity index (χ0n) is 11.5. The van der Waals surface area contributed by atoms with E-state index in [-0.39, 0.29) is 24.3 Å². The first-order valence-electron chi connectivity index (χ1n) is 7.07.